The zero-order chi connectivity index (χ0) is 21.2. The van der Waals surface area contributed by atoms with Crippen LogP contribution in [0.25, 0.3) is 0 Å². The lowest BCUT2D eigenvalue weighted by molar-refractivity contribution is -0.132. The average Bonchev–Trinajstić information content (AvgIpc) is 3.23. The van der Waals surface area contributed by atoms with Crippen molar-refractivity contribution in [1.29, 1.82) is 0 Å². The Morgan fingerprint density at radius 1 is 1.10 bits per heavy atom. The molecule has 2 aromatic carbocycles. The molecule has 0 bridgehead atoms. The first-order chi connectivity index (χ1) is 14.0. The molecular weight excluding hydrogens is 380 g/mol. The molecule has 0 radical (unpaired) electrons. The van der Waals surface area contributed by atoms with Gasteiger partial charge in [-0.25, -0.2) is 8.78 Å². The van der Waals surface area contributed by atoms with Gasteiger partial charge in [0.15, 0.2) is 6.61 Å². The number of nitrogens with zero attached hydrogens (tertiary/aromatic N) is 1. The fourth-order valence-electron chi connectivity index (χ4n) is 2.86. The molecule has 7 heteroatoms. The second-order valence-electron chi connectivity index (χ2n) is 6.33. The van der Waals surface area contributed by atoms with E-state index in [4.69, 9.17) is 14.6 Å². The maximum absolute atomic E-state index is 12.6. The van der Waals surface area contributed by atoms with E-state index < -0.39 is 6.43 Å². The SMILES string of the molecule is CC.O=C(COc1ccc(CO)cc1)N1CCC(Oc2ccc(C(F)F)cc2)C1. The van der Waals surface area contributed by atoms with E-state index in [1.165, 1.54) is 24.3 Å². The molecule has 5 nitrogen and oxygen atoms in total. The van der Waals surface area contributed by atoms with Crippen molar-refractivity contribution in [1.82, 2.24) is 4.90 Å². The minimum Gasteiger partial charge on any atom is -0.489 e. The van der Waals surface area contributed by atoms with Crippen LogP contribution in [-0.2, 0) is 11.4 Å². The van der Waals surface area contributed by atoms with E-state index in [0.717, 1.165) is 5.56 Å². The van der Waals surface area contributed by atoms with E-state index in [-0.39, 0.29) is 30.8 Å². The van der Waals surface area contributed by atoms with Gasteiger partial charge in [-0.2, -0.15) is 0 Å². The third-order valence-electron chi connectivity index (χ3n) is 4.40. The third kappa shape index (κ3) is 6.71. The quantitative estimate of drug-likeness (QED) is 0.747. The van der Waals surface area contributed by atoms with Gasteiger partial charge in [0.25, 0.3) is 12.3 Å². The van der Waals surface area contributed by atoms with Crippen molar-refractivity contribution in [3.63, 3.8) is 0 Å². The minimum absolute atomic E-state index is 0.0424. The van der Waals surface area contributed by atoms with Gasteiger partial charge in [0.1, 0.15) is 17.6 Å². The molecule has 0 saturated carbocycles. The monoisotopic (exact) mass is 407 g/mol. The van der Waals surface area contributed by atoms with Crippen LogP contribution < -0.4 is 9.47 Å². The Hall–Kier alpha value is -2.67. The molecule has 1 N–H and O–H groups in total. The normalized spacial score (nSPS) is 15.7. The molecule has 1 aliphatic rings. The number of ether oxygens (including phenoxy) is 2. The fourth-order valence-corrected chi connectivity index (χ4v) is 2.86. The van der Waals surface area contributed by atoms with E-state index in [2.05, 4.69) is 0 Å². The predicted octanol–water partition coefficient (Wildman–Crippen LogP) is 4.20. The first-order valence-electron chi connectivity index (χ1n) is 9.70. The second kappa shape index (κ2) is 11.4. The number of halogens is 2. The Morgan fingerprint density at radius 2 is 1.72 bits per heavy atom. The molecule has 1 amide bonds. The van der Waals surface area contributed by atoms with E-state index in [1.807, 2.05) is 13.8 Å². The van der Waals surface area contributed by atoms with Gasteiger partial charge in [-0.15, -0.1) is 0 Å². The zero-order valence-electron chi connectivity index (χ0n) is 16.7. The number of hydrogen-bond acceptors (Lipinski definition) is 4. The number of carbonyl (C=O) groups excluding carboxylic acids is 1. The van der Waals surface area contributed by atoms with Crippen LogP contribution in [0.1, 0.15) is 37.8 Å². The van der Waals surface area contributed by atoms with Crippen LogP contribution in [0.4, 0.5) is 8.78 Å². The number of aliphatic hydroxyl groups is 1. The predicted molar refractivity (Wildman–Crippen MR) is 106 cm³/mol. The molecule has 2 aromatic rings. The van der Waals surface area contributed by atoms with Crippen molar-refractivity contribution in [2.75, 3.05) is 19.7 Å². The topological polar surface area (TPSA) is 59.0 Å². The van der Waals surface area contributed by atoms with Crippen molar-refractivity contribution in [3.8, 4) is 11.5 Å². The largest absolute Gasteiger partial charge is 0.489 e. The first kappa shape index (κ1) is 22.6. The Balaban J connectivity index is 0.00000145. The molecule has 3 rings (SSSR count). The van der Waals surface area contributed by atoms with Crippen molar-refractivity contribution >= 4 is 5.91 Å². The van der Waals surface area contributed by atoms with Gasteiger partial charge in [0, 0.05) is 18.5 Å². The van der Waals surface area contributed by atoms with Crippen LogP contribution in [0.2, 0.25) is 0 Å². The molecule has 158 valence electrons. The third-order valence-corrected chi connectivity index (χ3v) is 4.40. The van der Waals surface area contributed by atoms with Crippen molar-refractivity contribution in [2.24, 2.45) is 0 Å². The lowest BCUT2D eigenvalue weighted by atomic mass is 10.2. The molecule has 1 atom stereocenters. The van der Waals surface area contributed by atoms with Crippen LogP contribution in [0.3, 0.4) is 0 Å². The van der Waals surface area contributed by atoms with E-state index in [0.29, 0.717) is 31.0 Å². The number of aliphatic hydroxyl groups excluding tert-OH is 1. The first-order valence-corrected chi connectivity index (χ1v) is 9.70. The summed E-state index contributed by atoms with van der Waals surface area (Å²) in [5.74, 6) is 0.936. The molecule has 1 fully saturated rings. The molecule has 1 heterocycles. The average molecular weight is 407 g/mol. The molecule has 0 aliphatic carbocycles. The second-order valence-corrected chi connectivity index (χ2v) is 6.33. The summed E-state index contributed by atoms with van der Waals surface area (Å²) in [6.45, 7) is 4.88. The van der Waals surface area contributed by atoms with Gasteiger partial charge < -0.3 is 19.5 Å². The Morgan fingerprint density at radius 3 is 2.31 bits per heavy atom. The summed E-state index contributed by atoms with van der Waals surface area (Å²) in [5, 5.41) is 9.01. The lowest BCUT2D eigenvalue weighted by Crippen LogP contribution is -2.34. The number of alkyl halides is 2. The van der Waals surface area contributed by atoms with Crippen LogP contribution >= 0.6 is 0 Å². The Bertz CT molecular complexity index is 750. The molecule has 1 aliphatic heterocycles. The standard InChI is InChI=1S/C20H21F2NO4.C2H6/c21-20(22)15-3-7-17(8-4-15)27-18-9-10-23(11-18)19(25)13-26-16-5-1-14(12-24)2-6-16;1-2/h1-8,18,20,24H,9-13H2;1-2H3. The van der Waals surface area contributed by atoms with Crippen LogP contribution in [0.15, 0.2) is 48.5 Å². The number of rotatable bonds is 7. The number of likely N-dealkylation sites (tertiary alicyclic amines) is 1. The summed E-state index contributed by atoms with van der Waals surface area (Å²) >= 11 is 0. The van der Waals surface area contributed by atoms with E-state index in [1.54, 1.807) is 29.2 Å². The lowest BCUT2D eigenvalue weighted by Gasteiger charge is -2.18. The minimum atomic E-state index is -2.50. The highest BCUT2D eigenvalue weighted by molar-refractivity contribution is 5.78. The van der Waals surface area contributed by atoms with Crippen molar-refractivity contribution < 1.29 is 28.2 Å². The number of amides is 1. The smallest absolute Gasteiger partial charge is 0.263 e. The number of hydrogen-bond donors (Lipinski definition) is 1. The van der Waals surface area contributed by atoms with Gasteiger partial charge in [-0.1, -0.05) is 26.0 Å². The molecule has 1 saturated heterocycles. The summed E-state index contributed by atoms with van der Waals surface area (Å²) < 4.78 is 36.4. The maximum atomic E-state index is 12.6. The highest BCUT2D eigenvalue weighted by Crippen LogP contribution is 2.24. The highest BCUT2D eigenvalue weighted by atomic mass is 19.3. The van der Waals surface area contributed by atoms with Gasteiger partial charge >= 0.3 is 0 Å². The number of benzene rings is 2. The Kier molecular flexibility index (Phi) is 8.86. The van der Waals surface area contributed by atoms with Crippen LogP contribution in [0.5, 0.6) is 11.5 Å². The van der Waals surface area contributed by atoms with Gasteiger partial charge in [0.2, 0.25) is 0 Å². The molecule has 1 unspecified atom stereocenters. The summed E-state index contributed by atoms with van der Waals surface area (Å²) in [4.78, 5) is 13.9. The summed E-state index contributed by atoms with van der Waals surface area (Å²) in [6.07, 6.45) is -2.00. The fraction of sp³-hybridized carbons (Fsp3) is 0.409. The van der Waals surface area contributed by atoms with Gasteiger partial charge in [-0.3, -0.25) is 4.79 Å². The van der Waals surface area contributed by atoms with Crippen molar-refractivity contribution in [3.05, 3.63) is 59.7 Å². The molecule has 29 heavy (non-hydrogen) atoms. The molecule has 0 aromatic heterocycles. The van der Waals surface area contributed by atoms with Crippen LogP contribution in [-0.4, -0.2) is 41.7 Å². The number of carbonyl (C=O) groups is 1. The summed E-state index contributed by atoms with van der Waals surface area (Å²) in [7, 11) is 0. The van der Waals surface area contributed by atoms with Crippen molar-refractivity contribution in [2.45, 2.75) is 39.4 Å². The molecular formula is C22H27F2NO4. The van der Waals surface area contributed by atoms with Gasteiger partial charge in [0.05, 0.1) is 13.2 Å². The summed E-state index contributed by atoms with van der Waals surface area (Å²) in [6, 6.07) is 12.6. The van der Waals surface area contributed by atoms with E-state index in [9.17, 15) is 13.6 Å². The maximum Gasteiger partial charge on any atom is 0.263 e. The zero-order valence-corrected chi connectivity index (χ0v) is 16.7. The Labute approximate surface area is 169 Å². The van der Waals surface area contributed by atoms with E-state index >= 15 is 0 Å². The van der Waals surface area contributed by atoms with Gasteiger partial charge in [-0.05, 0) is 42.0 Å². The summed E-state index contributed by atoms with van der Waals surface area (Å²) in [5.41, 5.74) is 0.726. The highest BCUT2D eigenvalue weighted by Gasteiger charge is 2.27. The van der Waals surface area contributed by atoms with Crippen LogP contribution in [0, 0.1) is 0 Å². The molecule has 0 spiro atoms.